The summed E-state index contributed by atoms with van der Waals surface area (Å²) in [5.74, 6) is -0.263. The van der Waals surface area contributed by atoms with Crippen LogP contribution in [0.4, 0.5) is 5.69 Å². The number of benzene rings is 1. The van der Waals surface area contributed by atoms with E-state index in [2.05, 4.69) is 4.72 Å². The molecular weight excluding hydrogens is 388 g/mol. The van der Waals surface area contributed by atoms with Crippen LogP contribution in [-0.2, 0) is 24.3 Å². The van der Waals surface area contributed by atoms with Gasteiger partial charge in [-0.1, -0.05) is 0 Å². The smallest absolute Gasteiger partial charge is 0.308 e. The normalized spacial score (nSPS) is 24.9. The summed E-state index contributed by atoms with van der Waals surface area (Å²) in [6.07, 6.45) is 1.84. The van der Waals surface area contributed by atoms with Crippen molar-refractivity contribution in [3.05, 3.63) is 23.8 Å². The van der Waals surface area contributed by atoms with Gasteiger partial charge in [0, 0.05) is 12.7 Å². The molecule has 0 spiro atoms. The molecule has 1 N–H and O–H groups in total. The van der Waals surface area contributed by atoms with E-state index in [9.17, 15) is 18.0 Å². The number of methoxy groups -OCH3 is 1. The molecule has 1 fully saturated rings. The van der Waals surface area contributed by atoms with Crippen molar-refractivity contribution in [1.29, 1.82) is 0 Å². The highest BCUT2D eigenvalue weighted by atomic mass is 32.2. The second kappa shape index (κ2) is 7.96. The van der Waals surface area contributed by atoms with Gasteiger partial charge in [-0.2, -0.15) is 0 Å². The van der Waals surface area contributed by atoms with E-state index < -0.39 is 10.0 Å². The SMILES string of the molecule is COC(=O)C[C@@H]1CC[C@@H]2[C@@H](COc3ccc(NS(C)(=O)=O)cc3C(=O)N2C)O1. The van der Waals surface area contributed by atoms with Gasteiger partial charge < -0.3 is 19.1 Å². The van der Waals surface area contributed by atoms with Crippen molar-refractivity contribution in [3.8, 4) is 5.75 Å². The highest BCUT2D eigenvalue weighted by Gasteiger charge is 2.39. The number of anilines is 1. The number of sulfonamides is 1. The number of carbonyl (C=O) groups excluding carboxylic acids is 2. The Labute approximate surface area is 164 Å². The van der Waals surface area contributed by atoms with E-state index in [-0.39, 0.29) is 48.7 Å². The number of esters is 1. The van der Waals surface area contributed by atoms with Crippen LogP contribution in [0.15, 0.2) is 18.2 Å². The maximum absolute atomic E-state index is 13.0. The Hall–Kier alpha value is -2.33. The quantitative estimate of drug-likeness (QED) is 0.735. The Bertz CT molecular complexity index is 871. The summed E-state index contributed by atoms with van der Waals surface area (Å²) in [6, 6.07) is 4.36. The van der Waals surface area contributed by atoms with Gasteiger partial charge in [0.2, 0.25) is 10.0 Å². The van der Waals surface area contributed by atoms with Crippen molar-refractivity contribution in [2.45, 2.75) is 37.5 Å². The lowest BCUT2D eigenvalue weighted by Gasteiger charge is -2.42. The van der Waals surface area contributed by atoms with Crippen LogP contribution in [0.25, 0.3) is 0 Å². The first kappa shape index (κ1) is 20.4. The molecule has 1 saturated heterocycles. The lowest BCUT2D eigenvalue weighted by Crippen LogP contribution is -2.53. The van der Waals surface area contributed by atoms with Crippen molar-refractivity contribution >= 4 is 27.6 Å². The number of likely N-dealkylation sites (N-methyl/N-ethyl adjacent to an activating group) is 1. The summed E-state index contributed by atoms with van der Waals surface area (Å²) in [4.78, 5) is 26.1. The van der Waals surface area contributed by atoms with E-state index in [4.69, 9.17) is 14.2 Å². The van der Waals surface area contributed by atoms with Crippen LogP contribution in [-0.4, -0.2) is 70.5 Å². The molecule has 0 unspecified atom stereocenters. The Morgan fingerprint density at radius 1 is 1.36 bits per heavy atom. The molecule has 2 aliphatic heterocycles. The van der Waals surface area contributed by atoms with Gasteiger partial charge in [0.25, 0.3) is 5.91 Å². The van der Waals surface area contributed by atoms with Crippen molar-refractivity contribution < 1.29 is 32.2 Å². The molecule has 1 amide bonds. The predicted molar refractivity (Wildman–Crippen MR) is 101 cm³/mol. The van der Waals surface area contributed by atoms with Gasteiger partial charge in [-0.15, -0.1) is 0 Å². The number of amides is 1. The minimum atomic E-state index is -3.46. The average molecular weight is 412 g/mol. The van der Waals surface area contributed by atoms with Gasteiger partial charge in [-0.25, -0.2) is 8.42 Å². The Morgan fingerprint density at radius 2 is 2.11 bits per heavy atom. The topological polar surface area (TPSA) is 111 Å². The van der Waals surface area contributed by atoms with E-state index in [0.29, 0.717) is 24.3 Å². The van der Waals surface area contributed by atoms with Crippen molar-refractivity contribution in [3.63, 3.8) is 0 Å². The number of ether oxygens (including phenoxy) is 3. The third-order valence-electron chi connectivity index (χ3n) is 4.94. The maximum atomic E-state index is 13.0. The third-order valence-corrected chi connectivity index (χ3v) is 5.54. The van der Waals surface area contributed by atoms with Gasteiger partial charge in [0.05, 0.1) is 37.5 Å². The fraction of sp³-hybridized carbons (Fsp3) is 0.556. The molecule has 1 aromatic rings. The molecule has 0 aliphatic carbocycles. The molecule has 3 rings (SSSR count). The van der Waals surface area contributed by atoms with Gasteiger partial charge in [0.1, 0.15) is 18.5 Å². The molecule has 0 saturated carbocycles. The van der Waals surface area contributed by atoms with Crippen LogP contribution in [0.3, 0.4) is 0 Å². The zero-order chi connectivity index (χ0) is 20.5. The molecule has 28 heavy (non-hydrogen) atoms. The number of rotatable bonds is 4. The molecule has 2 aliphatic rings. The minimum Gasteiger partial charge on any atom is -0.490 e. The van der Waals surface area contributed by atoms with E-state index >= 15 is 0 Å². The zero-order valence-electron chi connectivity index (χ0n) is 16.0. The monoisotopic (exact) mass is 412 g/mol. The number of carbonyl (C=O) groups is 2. The van der Waals surface area contributed by atoms with Crippen molar-refractivity contribution in [1.82, 2.24) is 4.90 Å². The highest BCUT2D eigenvalue weighted by molar-refractivity contribution is 7.92. The Balaban J connectivity index is 1.82. The van der Waals surface area contributed by atoms with E-state index in [0.717, 1.165) is 6.26 Å². The molecule has 0 aromatic heterocycles. The van der Waals surface area contributed by atoms with E-state index in [1.807, 2.05) is 0 Å². The predicted octanol–water partition coefficient (Wildman–Crippen LogP) is 1.00. The molecule has 0 bridgehead atoms. The number of nitrogens with zero attached hydrogens (tertiary/aromatic N) is 1. The maximum Gasteiger partial charge on any atom is 0.308 e. The van der Waals surface area contributed by atoms with Crippen LogP contribution in [0.2, 0.25) is 0 Å². The standard InChI is InChI=1S/C18H24N2O7S/c1-20-14-6-5-12(9-17(21)25-2)27-16(14)10-26-15-7-4-11(19-28(3,23)24)8-13(15)18(20)22/h4,7-8,12,14,16,19H,5-6,9-10H2,1-3H3/t12-,14+,16+/m0/s1. The zero-order valence-corrected chi connectivity index (χ0v) is 16.8. The second-order valence-electron chi connectivity index (χ2n) is 7.03. The third kappa shape index (κ3) is 4.56. The molecular formula is C18H24N2O7S. The molecule has 1 aromatic carbocycles. The number of hydrogen-bond acceptors (Lipinski definition) is 7. The summed E-state index contributed by atoms with van der Waals surface area (Å²) in [6.45, 7) is 0.214. The summed E-state index contributed by atoms with van der Waals surface area (Å²) < 4.78 is 41.8. The molecule has 2 heterocycles. The molecule has 0 radical (unpaired) electrons. The van der Waals surface area contributed by atoms with Crippen molar-refractivity contribution in [2.24, 2.45) is 0 Å². The number of nitrogens with one attached hydrogen (secondary N) is 1. The van der Waals surface area contributed by atoms with E-state index in [1.165, 1.54) is 19.2 Å². The van der Waals surface area contributed by atoms with Crippen LogP contribution in [0, 0.1) is 0 Å². The first-order valence-corrected chi connectivity index (χ1v) is 10.8. The molecule has 154 valence electrons. The van der Waals surface area contributed by atoms with E-state index in [1.54, 1.807) is 18.0 Å². The highest BCUT2D eigenvalue weighted by Crippen LogP contribution is 2.32. The first-order chi connectivity index (χ1) is 13.2. The van der Waals surface area contributed by atoms with Crippen LogP contribution < -0.4 is 9.46 Å². The van der Waals surface area contributed by atoms with Gasteiger partial charge in [0.15, 0.2) is 0 Å². The molecule has 10 heteroatoms. The fourth-order valence-corrected chi connectivity index (χ4v) is 4.13. The Morgan fingerprint density at radius 3 is 2.79 bits per heavy atom. The summed E-state index contributed by atoms with van der Waals surface area (Å²) in [7, 11) is -0.435. The fourth-order valence-electron chi connectivity index (χ4n) is 3.57. The van der Waals surface area contributed by atoms with Crippen LogP contribution >= 0.6 is 0 Å². The van der Waals surface area contributed by atoms with Crippen LogP contribution in [0.1, 0.15) is 29.6 Å². The number of fused-ring (bicyclic) bond motifs is 2. The van der Waals surface area contributed by atoms with Crippen molar-refractivity contribution in [2.75, 3.05) is 31.7 Å². The lowest BCUT2D eigenvalue weighted by atomic mass is 9.94. The Kier molecular flexibility index (Phi) is 5.80. The molecule has 9 nitrogen and oxygen atoms in total. The average Bonchev–Trinajstić information content (AvgIpc) is 2.63. The van der Waals surface area contributed by atoms with Gasteiger partial charge in [-0.3, -0.25) is 14.3 Å². The van der Waals surface area contributed by atoms with Crippen LogP contribution in [0.5, 0.6) is 5.75 Å². The second-order valence-corrected chi connectivity index (χ2v) is 8.78. The summed E-state index contributed by atoms with van der Waals surface area (Å²) in [5, 5.41) is 0. The molecule has 3 atom stereocenters. The lowest BCUT2D eigenvalue weighted by molar-refractivity contribution is -0.151. The van der Waals surface area contributed by atoms with Gasteiger partial charge >= 0.3 is 5.97 Å². The minimum absolute atomic E-state index is 0.161. The largest absolute Gasteiger partial charge is 0.490 e. The summed E-state index contributed by atoms with van der Waals surface area (Å²) in [5.41, 5.74) is 0.577. The summed E-state index contributed by atoms with van der Waals surface area (Å²) >= 11 is 0. The van der Waals surface area contributed by atoms with Gasteiger partial charge in [-0.05, 0) is 31.0 Å². The number of hydrogen-bond donors (Lipinski definition) is 1. The first-order valence-electron chi connectivity index (χ1n) is 8.92.